The van der Waals surface area contributed by atoms with E-state index in [0.717, 1.165) is 19.3 Å². The fourth-order valence-corrected chi connectivity index (χ4v) is 1.75. The summed E-state index contributed by atoms with van der Waals surface area (Å²) in [6.07, 6.45) is 3.27. The van der Waals surface area contributed by atoms with Crippen LogP contribution in [-0.4, -0.2) is 11.1 Å². The van der Waals surface area contributed by atoms with Crippen molar-refractivity contribution in [2.24, 2.45) is 0 Å². The Kier molecular flexibility index (Phi) is 5.26. The molecule has 0 radical (unpaired) electrons. The lowest BCUT2D eigenvalue weighted by atomic mass is 10.1. The first kappa shape index (κ1) is 13.0. The van der Waals surface area contributed by atoms with E-state index >= 15 is 0 Å². The quantitative estimate of drug-likeness (QED) is 0.779. The highest BCUT2D eigenvalue weighted by Gasteiger charge is 2.07. The van der Waals surface area contributed by atoms with E-state index in [0.29, 0.717) is 18.2 Å². The third-order valence-corrected chi connectivity index (χ3v) is 2.75. The molecule has 2 N–H and O–H groups in total. The van der Waals surface area contributed by atoms with Gasteiger partial charge in [0.05, 0.1) is 0 Å². The minimum atomic E-state index is -0.307. The zero-order chi connectivity index (χ0) is 12.0. The molecule has 3 heteroatoms. The number of nitrogens with one attached hydrogen (secondary N) is 1. The molecule has 0 bridgehead atoms. The molecule has 0 aliphatic heterocycles. The molecule has 90 valence electrons. The summed E-state index contributed by atoms with van der Waals surface area (Å²) < 4.78 is 13.0. The summed E-state index contributed by atoms with van der Waals surface area (Å²) in [5, 5.41) is 12.9. The molecule has 0 spiro atoms. The van der Waals surface area contributed by atoms with Gasteiger partial charge in [0.1, 0.15) is 11.6 Å². The van der Waals surface area contributed by atoms with Crippen LogP contribution in [0.5, 0.6) is 5.75 Å². The summed E-state index contributed by atoms with van der Waals surface area (Å²) in [7, 11) is 0. The van der Waals surface area contributed by atoms with Crippen molar-refractivity contribution in [3.05, 3.63) is 29.6 Å². The second-order valence-electron chi connectivity index (χ2n) is 4.05. The number of halogens is 1. The maximum absolute atomic E-state index is 13.0. The van der Waals surface area contributed by atoms with Gasteiger partial charge in [-0.25, -0.2) is 4.39 Å². The normalized spacial score (nSPS) is 12.7. The van der Waals surface area contributed by atoms with Crippen LogP contribution >= 0.6 is 0 Å². The average Bonchev–Trinajstić information content (AvgIpc) is 2.28. The number of benzene rings is 1. The predicted octanol–water partition coefficient (Wildman–Crippen LogP) is 3.20. The molecule has 0 aliphatic carbocycles. The predicted molar refractivity (Wildman–Crippen MR) is 63.9 cm³/mol. The molecule has 1 unspecified atom stereocenters. The largest absolute Gasteiger partial charge is 0.508 e. The van der Waals surface area contributed by atoms with Gasteiger partial charge < -0.3 is 10.4 Å². The number of hydrogen-bond acceptors (Lipinski definition) is 2. The molecule has 1 aromatic carbocycles. The van der Waals surface area contributed by atoms with Crippen molar-refractivity contribution < 1.29 is 9.50 Å². The highest BCUT2D eigenvalue weighted by molar-refractivity contribution is 5.32. The van der Waals surface area contributed by atoms with Gasteiger partial charge in [-0.2, -0.15) is 0 Å². The minimum Gasteiger partial charge on any atom is -0.508 e. The molecule has 0 aromatic heterocycles. The van der Waals surface area contributed by atoms with Crippen molar-refractivity contribution in [1.29, 1.82) is 0 Å². The van der Waals surface area contributed by atoms with Crippen molar-refractivity contribution >= 4 is 0 Å². The summed E-state index contributed by atoms with van der Waals surface area (Å²) in [4.78, 5) is 0. The van der Waals surface area contributed by atoms with E-state index in [4.69, 9.17) is 0 Å². The molecule has 0 saturated heterocycles. The Morgan fingerprint density at radius 1 is 1.38 bits per heavy atom. The molecular formula is C13H20FNO. The molecule has 0 aliphatic rings. The standard InChI is InChI=1S/C13H20FNO/c1-3-5-12(4-2)15-9-10-8-11(14)6-7-13(10)16/h6-8,12,15-16H,3-5,9H2,1-2H3. The lowest BCUT2D eigenvalue weighted by Crippen LogP contribution is -2.27. The van der Waals surface area contributed by atoms with Crippen LogP contribution < -0.4 is 5.32 Å². The van der Waals surface area contributed by atoms with Crippen LogP contribution in [-0.2, 0) is 6.54 Å². The van der Waals surface area contributed by atoms with Gasteiger partial charge in [-0.3, -0.25) is 0 Å². The van der Waals surface area contributed by atoms with Gasteiger partial charge in [-0.1, -0.05) is 20.3 Å². The summed E-state index contributed by atoms with van der Waals surface area (Å²) in [5.41, 5.74) is 0.620. The fourth-order valence-electron chi connectivity index (χ4n) is 1.75. The fraction of sp³-hybridized carbons (Fsp3) is 0.538. The Bertz CT molecular complexity index is 328. The van der Waals surface area contributed by atoms with Gasteiger partial charge in [0.25, 0.3) is 0 Å². The van der Waals surface area contributed by atoms with Gasteiger partial charge in [0.15, 0.2) is 0 Å². The molecule has 2 nitrogen and oxygen atoms in total. The molecule has 1 atom stereocenters. The van der Waals surface area contributed by atoms with Crippen LogP contribution in [0.1, 0.15) is 38.7 Å². The summed E-state index contributed by atoms with van der Waals surface area (Å²) in [6, 6.07) is 4.48. The van der Waals surface area contributed by atoms with E-state index in [1.54, 1.807) is 0 Å². The van der Waals surface area contributed by atoms with Gasteiger partial charge in [0.2, 0.25) is 0 Å². The maximum atomic E-state index is 13.0. The first-order valence-corrected chi connectivity index (χ1v) is 5.88. The number of phenols is 1. The number of aromatic hydroxyl groups is 1. The molecule has 0 saturated carbocycles. The van der Waals surface area contributed by atoms with E-state index in [1.165, 1.54) is 18.2 Å². The topological polar surface area (TPSA) is 32.3 Å². The van der Waals surface area contributed by atoms with E-state index < -0.39 is 0 Å². The zero-order valence-electron chi connectivity index (χ0n) is 9.96. The summed E-state index contributed by atoms with van der Waals surface area (Å²) in [5.74, 6) is -0.154. The van der Waals surface area contributed by atoms with Crippen LogP contribution in [0.2, 0.25) is 0 Å². The average molecular weight is 225 g/mol. The molecule has 0 heterocycles. The van der Waals surface area contributed by atoms with Crippen molar-refractivity contribution in [2.45, 2.75) is 45.7 Å². The second-order valence-corrected chi connectivity index (χ2v) is 4.05. The third kappa shape index (κ3) is 3.81. The summed E-state index contributed by atoms with van der Waals surface area (Å²) in [6.45, 7) is 4.78. The minimum absolute atomic E-state index is 0.153. The van der Waals surface area contributed by atoms with Gasteiger partial charge in [-0.05, 0) is 31.0 Å². The van der Waals surface area contributed by atoms with Crippen LogP contribution in [0.25, 0.3) is 0 Å². The van der Waals surface area contributed by atoms with Crippen molar-refractivity contribution in [3.8, 4) is 5.75 Å². The van der Waals surface area contributed by atoms with E-state index in [2.05, 4.69) is 19.2 Å². The molecule has 16 heavy (non-hydrogen) atoms. The Balaban J connectivity index is 2.55. The molecule has 0 fully saturated rings. The Labute approximate surface area is 96.5 Å². The zero-order valence-corrected chi connectivity index (χ0v) is 9.96. The van der Waals surface area contributed by atoms with Crippen LogP contribution in [0.3, 0.4) is 0 Å². The lowest BCUT2D eigenvalue weighted by Gasteiger charge is -2.16. The van der Waals surface area contributed by atoms with E-state index in [-0.39, 0.29) is 11.6 Å². The summed E-state index contributed by atoms with van der Waals surface area (Å²) >= 11 is 0. The third-order valence-electron chi connectivity index (χ3n) is 2.75. The van der Waals surface area contributed by atoms with Crippen molar-refractivity contribution in [1.82, 2.24) is 5.32 Å². The van der Waals surface area contributed by atoms with Gasteiger partial charge in [0, 0.05) is 18.2 Å². The molecule has 1 aromatic rings. The highest BCUT2D eigenvalue weighted by atomic mass is 19.1. The molecular weight excluding hydrogens is 205 g/mol. The first-order chi connectivity index (χ1) is 7.67. The number of phenolic OH excluding ortho intramolecular Hbond substituents is 1. The van der Waals surface area contributed by atoms with E-state index in [9.17, 15) is 9.50 Å². The second kappa shape index (κ2) is 6.48. The van der Waals surface area contributed by atoms with Gasteiger partial charge in [-0.15, -0.1) is 0 Å². The smallest absolute Gasteiger partial charge is 0.123 e. The van der Waals surface area contributed by atoms with Crippen molar-refractivity contribution in [3.63, 3.8) is 0 Å². The van der Waals surface area contributed by atoms with Gasteiger partial charge >= 0.3 is 0 Å². The Hall–Kier alpha value is -1.09. The maximum Gasteiger partial charge on any atom is 0.123 e. The van der Waals surface area contributed by atoms with Crippen molar-refractivity contribution in [2.75, 3.05) is 0 Å². The number of hydrogen-bond donors (Lipinski definition) is 2. The highest BCUT2D eigenvalue weighted by Crippen LogP contribution is 2.18. The Morgan fingerprint density at radius 3 is 2.75 bits per heavy atom. The van der Waals surface area contributed by atoms with Crippen LogP contribution in [0, 0.1) is 5.82 Å². The van der Waals surface area contributed by atoms with E-state index in [1.807, 2.05) is 0 Å². The monoisotopic (exact) mass is 225 g/mol. The molecule has 1 rings (SSSR count). The van der Waals surface area contributed by atoms with Crippen LogP contribution in [0.15, 0.2) is 18.2 Å². The lowest BCUT2D eigenvalue weighted by molar-refractivity contribution is 0.437. The number of rotatable bonds is 6. The van der Waals surface area contributed by atoms with Crippen LogP contribution in [0.4, 0.5) is 4.39 Å². The first-order valence-electron chi connectivity index (χ1n) is 5.88. The Morgan fingerprint density at radius 2 is 2.12 bits per heavy atom. The SMILES string of the molecule is CCCC(CC)NCc1cc(F)ccc1O. The molecule has 0 amide bonds.